The van der Waals surface area contributed by atoms with Crippen LogP contribution in [0.15, 0.2) is 10.3 Å². The molecular formula is C8H13N3O4S3. The maximum absolute atomic E-state index is 11.8. The van der Waals surface area contributed by atoms with E-state index in [0.29, 0.717) is 24.3 Å². The minimum absolute atomic E-state index is 0.107. The first-order valence-corrected chi connectivity index (χ1v) is 8.60. The van der Waals surface area contributed by atoms with Gasteiger partial charge in [0.25, 0.3) is 0 Å². The summed E-state index contributed by atoms with van der Waals surface area (Å²) in [5.74, 6) is 0.843. The molecule has 0 aliphatic carbocycles. The molecule has 3 N–H and O–H groups in total. The number of nitrogens with zero attached hydrogens (tertiary/aromatic N) is 1. The SMILES string of the molecule is CSCCCNS(=O)(=O)c1cc([N+](=O)[O-])c(N)s1. The zero-order valence-corrected chi connectivity index (χ0v) is 12.0. The number of thiophene rings is 1. The van der Waals surface area contributed by atoms with Gasteiger partial charge in [0.05, 0.1) is 4.92 Å². The molecule has 0 aliphatic rings. The maximum atomic E-state index is 11.8. The third kappa shape index (κ3) is 3.83. The van der Waals surface area contributed by atoms with Crippen LogP contribution in [0.4, 0.5) is 10.7 Å². The van der Waals surface area contributed by atoms with Crippen molar-refractivity contribution in [1.82, 2.24) is 4.72 Å². The number of anilines is 1. The lowest BCUT2D eigenvalue weighted by Gasteiger charge is -2.02. The minimum Gasteiger partial charge on any atom is -0.385 e. The molecule has 0 radical (unpaired) electrons. The number of nitrogens with two attached hydrogens (primary N) is 1. The number of nitrogen functional groups attached to an aromatic ring is 1. The van der Waals surface area contributed by atoms with E-state index < -0.39 is 14.9 Å². The van der Waals surface area contributed by atoms with E-state index in [1.165, 1.54) is 0 Å². The molecule has 0 aromatic carbocycles. The molecule has 1 aromatic rings. The largest absolute Gasteiger partial charge is 0.385 e. The summed E-state index contributed by atoms with van der Waals surface area (Å²) >= 11 is 2.31. The van der Waals surface area contributed by atoms with Crippen molar-refractivity contribution in [2.45, 2.75) is 10.6 Å². The highest BCUT2D eigenvalue weighted by Gasteiger charge is 2.24. The van der Waals surface area contributed by atoms with Crippen molar-refractivity contribution in [1.29, 1.82) is 0 Å². The van der Waals surface area contributed by atoms with Crippen molar-refractivity contribution >= 4 is 43.8 Å². The van der Waals surface area contributed by atoms with Crippen molar-refractivity contribution < 1.29 is 13.3 Å². The molecule has 1 rings (SSSR count). The van der Waals surface area contributed by atoms with Crippen LogP contribution in [0.25, 0.3) is 0 Å². The standard InChI is InChI=1S/C8H13N3O4S3/c1-16-4-2-3-10-18(14,15)7-5-6(11(12)13)8(9)17-7/h5,10H,2-4,9H2,1H3. The average Bonchev–Trinajstić information content (AvgIpc) is 2.68. The first-order chi connectivity index (χ1) is 8.38. The van der Waals surface area contributed by atoms with Crippen molar-refractivity contribution in [2.24, 2.45) is 0 Å². The lowest BCUT2D eigenvalue weighted by atomic mass is 10.5. The second kappa shape index (κ2) is 6.36. The second-order valence-corrected chi connectivity index (χ2v) is 7.38. The quantitative estimate of drug-likeness (QED) is 0.445. The predicted octanol–water partition coefficient (Wildman–Crippen LogP) is 1.27. The summed E-state index contributed by atoms with van der Waals surface area (Å²) in [5.41, 5.74) is 5.03. The second-order valence-electron chi connectivity index (χ2n) is 3.32. The Morgan fingerprint density at radius 1 is 1.61 bits per heavy atom. The highest BCUT2D eigenvalue weighted by Crippen LogP contribution is 2.34. The van der Waals surface area contributed by atoms with Gasteiger partial charge in [-0.1, -0.05) is 11.3 Å². The molecule has 0 fully saturated rings. The fourth-order valence-electron chi connectivity index (χ4n) is 1.14. The summed E-state index contributed by atoms with van der Waals surface area (Å²) in [7, 11) is -3.70. The van der Waals surface area contributed by atoms with E-state index in [0.717, 1.165) is 11.8 Å². The molecule has 0 aliphatic heterocycles. The molecule has 1 heterocycles. The van der Waals surface area contributed by atoms with Crippen LogP contribution in [0.2, 0.25) is 0 Å². The number of hydrogen-bond acceptors (Lipinski definition) is 7. The zero-order valence-electron chi connectivity index (χ0n) is 9.58. The number of hydrogen-bond donors (Lipinski definition) is 2. The summed E-state index contributed by atoms with van der Waals surface area (Å²) < 4.78 is 25.8. The van der Waals surface area contributed by atoms with Crippen molar-refractivity contribution in [3.63, 3.8) is 0 Å². The van der Waals surface area contributed by atoms with Crippen molar-refractivity contribution in [3.05, 3.63) is 16.2 Å². The fourth-order valence-corrected chi connectivity index (χ4v) is 3.91. The minimum atomic E-state index is -3.70. The van der Waals surface area contributed by atoms with Crippen LogP contribution < -0.4 is 10.5 Å². The van der Waals surface area contributed by atoms with Crippen LogP contribution in [0.3, 0.4) is 0 Å². The van der Waals surface area contributed by atoms with Gasteiger partial charge in [-0.15, -0.1) is 0 Å². The van der Waals surface area contributed by atoms with Gasteiger partial charge in [0.1, 0.15) is 4.21 Å². The molecule has 1 aromatic heterocycles. The molecule has 0 spiro atoms. The van der Waals surface area contributed by atoms with Crippen LogP contribution in [0.1, 0.15) is 6.42 Å². The highest BCUT2D eigenvalue weighted by atomic mass is 32.2. The Morgan fingerprint density at radius 3 is 2.78 bits per heavy atom. The Bertz CT molecular complexity index is 526. The van der Waals surface area contributed by atoms with Gasteiger partial charge in [-0.3, -0.25) is 10.1 Å². The van der Waals surface area contributed by atoms with E-state index in [2.05, 4.69) is 4.72 Å². The zero-order chi connectivity index (χ0) is 13.8. The van der Waals surface area contributed by atoms with Crippen LogP contribution in [-0.2, 0) is 10.0 Å². The van der Waals surface area contributed by atoms with Crippen LogP contribution in [-0.4, -0.2) is 31.9 Å². The molecule has 0 atom stereocenters. The predicted molar refractivity (Wildman–Crippen MR) is 73.6 cm³/mol. The lowest BCUT2D eigenvalue weighted by Crippen LogP contribution is -2.24. The van der Waals surface area contributed by atoms with Gasteiger partial charge >= 0.3 is 5.69 Å². The molecule has 0 amide bonds. The van der Waals surface area contributed by atoms with Crippen LogP contribution in [0.5, 0.6) is 0 Å². The number of sulfonamides is 1. The summed E-state index contributed by atoms with van der Waals surface area (Å²) in [6.45, 7) is 0.300. The van der Waals surface area contributed by atoms with E-state index in [9.17, 15) is 18.5 Å². The first kappa shape index (κ1) is 15.2. The molecule has 0 saturated carbocycles. The number of nitrogens with one attached hydrogen (secondary N) is 1. The van der Waals surface area contributed by atoms with Gasteiger partial charge < -0.3 is 5.73 Å². The molecule has 102 valence electrons. The Hall–Kier alpha value is -0.840. The van der Waals surface area contributed by atoms with Gasteiger partial charge in [-0.25, -0.2) is 13.1 Å². The Labute approximate surface area is 113 Å². The van der Waals surface area contributed by atoms with Gasteiger partial charge in [0.2, 0.25) is 10.0 Å². The molecule has 0 unspecified atom stereocenters. The van der Waals surface area contributed by atoms with Crippen LogP contribution >= 0.6 is 23.1 Å². The van der Waals surface area contributed by atoms with Gasteiger partial charge in [0.15, 0.2) is 5.00 Å². The summed E-state index contributed by atoms with van der Waals surface area (Å²) in [4.78, 5) is 9.88. The monoisotopic (exact) mass is 311 g/mol. The van der Waals surface area contributed by atoms with E-state index in [1.807, 2.05) is 6.26 Å². The van der Waals surface area contributed by atoms with E-state index in [-0.39, 0.29) is 14.9 Å². The smallest absolute Gasteiger partial charge is 0.304 e. The summed E-state index contributed by atoms with van der Waals surface area (Å²) in [5, 5.41) is 10.5. The molecule has 0 saturated heterocycles. The van der Waals surface area contributed by atoms with Crippen molar-refractivity contribution in [2.75, 3.05) is 24.3 Å². The van der Waals surface area contributed by atoms with E-state index >= 15 is 0 Å². The fraction of sp³-hybridized carbons (Fsp3) is 0.500. The van der Waals surface area contributed by atoms with Gasteiger partial charge in [0, 0.05) is 12.6 Å². The number of thioether (sulfide) groups is 1. The van der Waals surface area contributed by atoms with E-state index in [1.54, 1.807) is 11.8 Å². The summed E-state index contributed by atoms with van der Waals surface area (Å²) in [6, 6.07) is 0.983. The van der Waals surface area contributed by atoms with Crippen LogP contribution in [0, 0.1) is 10.1 Å². The highest BCUT2D eigenvalue weighted by molar-refractivity contribution is 7.98. The third-order valence-electron chi connectivity index (χ3n) is 2.00. The number of nitro groups is 1. The van der Waals surface area contributed by atoms with E-state index in [4.69, 9.17) is 5.73 Å². The van der Waals surface area contributed by atoms with Crippen molar-refractivity contribution in [3.8, 4) is 0 Å². The lowest BCUT2D eigenvalue weighted by molar-refractivity contribution is -0.383. The molecule has 18 heavy (non-hydrogen) atoms. The first-order valence-electron chi connectivity index (χ1n) is 4.91. The Balaban J connectivity index is 2.79. The maximum Gasteiger partial charge on any atom is 0.304 e. The Morgan fingerprint density at radius 2 is 2.28 bits per heavy atom. The summed E-state index contributed by atoms with van der Waals surface area (Å²) in [6.07, 6.45) is 2.63. The van der Waals surface area contributed by atoms with Gasteiger partial charge in [-0.05, 0) is 18.4 Å². The topological polar surface area (TPSA) is 115 Å². The number of rotatable bonds is 7. The molecular weight excluding hydrogens is 298 g/mol. The molecule has 0 bridgehead atoms. The van der Waals surface area contributed by atoms with Gasteiger partial charge in [-0.2, -0.15) is 11.8 Å². The third-order valence-corrected chi connectivity index (χ3v) is 5.58. The molecule has 10 heteroatoms. The normalized spacial score (nSPS) is 11.6. The molecule has 7 nitrogen and oxygen atoms in total. The average molecular weight is 311 g/mol. The Kier molecular flexibility index (Phi) is 5.38.